The molecule has 25 heavy (non-hydrogen) atoms. The molecular weight excluding hydrogens is 321 g/mol. The second kappa shape index (κ2) is 7.08. The predicted octanol–water partition coefficient (Wildman–Crippen LogP) is 3.96. The number of carbonyl (C=O) groups excluding carboxylic acids is 1. The van der Waals surface area contributed by atoms with E-state index < -0.39 is 11.5 Å². The van der Waals surface area contributed by atoms with E-state index in [9.17, 15) is 14.3 Å². The summed E-state index contributed by atoms with van der Waals surface area (Å²) in [6, 6.07) is 6.57. The van der Waals surface area contributed by atoms with Gasteiger partial charge in [0.1, 0.15) is 5.82 Å². The number of rotatable bonds is 4. The molecule has 1 N–H and O–H groups in total. The van der Waals surface area contributed by atoms with Crippen LogP contribution < -0.4 is 0 Å². The zero-order valence-corrected chi connectivity index (χ0v) is 14.7. The highest BCUT2D eigenvalue weighted by Gasteiger charge is 2.42. The molecule has 3 rings (SSSR count). The van der Waals surface area contributed by atoms with Gasteiger partial charge in [-0.1, -0.05) is 0 Å². The van der Waals surface area contributed by atoms with Gasteiger partial charge in [-0.25, -0.2) is 4.39 Å². The molecule has 5 heteroatoms. The number of carbonyl (C=O) groups is 1. The highest BCUT2D eigenvalue weighted by molar-refractivity contribution is 5.82. The summed E-state index contributed by atoms with van der Waals surface area (Å²) >= 11 is 0. The topological polar surface area (TPSA) is 59.4 Å². The van der Waals surface area contributed by atoms with E-state index in [-0.39, 0.29) is 17.7 Å². The lowest BCUT2D eigenvalue weighted by atomic mass is 9.70. The number of aromatic nitrogens is 1. The molecule has 0 amide bonds. The first-order valence-corrected chi connectivity index (χ1v) is 8.88. The lowest BCUT2D eigenvalue weighted by Crippen LogP contribution is -2.44. The van der Waals surface area contributed by atoms with Crippen molar-refractivity contribution in [2.24, 2.45) is 5.92 Å². The van der Waals surface area contributed by atoms with Gasteiger partial charge in [0.15, 0.2) is 0 Å². The van der Waals surface area contributed by atoms with E-state index in [0.717, 1.165) is 29.3 Å². The van der Waals surface area contributed by atoms with Crippen LogP contribution in [0.4, 0.5) is 4.39 Å². The van der Waals surface area contributed by atoms with Crippen molar-refractivity contribution in [2.45, 2.75) is 51.0 Å². The quantitative estimate of drug-likeness (QED) is 0.852. The minimum atomic E-state index is -1.03. The van der Waals surface area contributed by atoms with Crippen molar-refractivity contribution in [1.29, 1.82) is 0 Å². The fourth-order valence-electron chi connectivity index (χ4n) is 3.84. The van der Waals surface area contributed by atoms with E-state index in [4.69, 9.17) is 4.74 Å². The van der Waals surface area contributed by atoms with Crippen molar-refractivity contribution >= 4 is 16.9 Å². The maximum Gasteiger partial charge on any atom is 0.311 e. The Balaban J connectivity index is 1.79. The zero-order chi connectivity index (χ0) is 18.0. The molecule has 1 saturated carbocycles. The lowest BCUT2D eigenvalue weighted by Gasteiger charge is -2.39. The SMILES string of the molecule is CCOC(=O)C(C)[C@]1(O)CC[C@H](c2ccnc3ccc(F)cc32)CC1. The Morgan fingerprint density at radius 2 is 2.12 bits per heavy atom. The van der Waals surface area contributed by atoms with Crippen molar-refractivity contribution in [1.82, 2.24) is 4.98 Å². The highest BCUT2D eigenvalue weighted by atomic mass is 19.1. The second-order valence-electron chi connectivity index (χ2n) is 6.91. The third-order valence-corrected chi connectivity index (χ3v) is 5.47. The van der Waals surface area contributed by atoms with Crippen molar-refractivity contribution in [3.63, 3.8) is 0 Å². The van der Waals surface area contributed by atoms with Crippen molar-refractivity contribution in [3.05, 3.63) is 41.8 Å². The van der Waals surface area contributed by atoms with Crippen LogP contribution in [0.5, 0.6) is 0 Å². The monoisotopic (exact) mass is 345 g/mol. The molecular formula is C20H24FNO3. The summed E-state index contributed by atoms with van der Waals surface area (Å²) in [6.45, 7) is 3.81. The van der Waals surface area contributed by atoms with Crippen LogP contribution in [-0.2, 0) is 9.53 Å². The number of benzene rings is 1. The Morgan fingerprint density at radius 3 is 2.80 bits per heavy atom. The number of nitrogens with zero attached hydrogens (tertiary/aromatic N) is 1. The molecule has 1 aromatic heterocycles. The normalized spacial score (nSPS) is 24.9. The summed E-state index contributed by atoms with van der Waals surface area (Å²) in [7, 11) is 0. The molecule has 1 aliphatic rings. The fraction of sp³-hybridized carbons (Fsp3) is 0.500. The predicted molar refractivity (Wildman–Crippen MR) is 93.7 cm³/mol. The van der Waals surface area contributed by atoms with Gasteiger partial charge in [-0.15, -0.1) is 0 Å². The number of esters is 1. The number of fused-ring (bicyclic) bond motifs is 1. The second-order valence-corrected chi connectivity index (χ2v) is 6.91. The summed E-state index contributed by atoms with van der Waals surface area (Å²) in [4.78, 5) is 16.3. The van der Waals surface area contributed by atoms with E-state index in [2.05, 4.69) is 4.98 Å². The fourth-order valence-corrected chi connectivity index (χ4v) is 3.84. The number of hydrogen-bond donors (Lipinski definition) is 1. The number of pyridine rings is 1. The number of hydrogen-bond acceptors (Lipinski definition) is 4. The standard InChI is InChI=1S/C20H24FNO3/c1-3-25-19(23)13(2)20(24)9-6-14(7-10-20)16-8-11-22-18-5-4-15(21)12-17(16)18/h4-5,8,11-14,24H,3,6-7,9-10H2,1-2H3/t13?,14-,20-. The van der Waals surface area contributed by atoms with Crippen LogP contribution in [0.25, 0.3) is 10.9 Å². The van der Waals surface area contributed by atoms with Gasteiger partial charge in [0.25, 0.3) is 0 Å². The van der Waals surface area contributed by atoms with Gasteiger partial charge in [-0.3, -0.25) is 9.78 Å². The number of halogens is 1. The van der Waals surface area contributed by atoms with Gasteiger partial charge in [0, 0.05) is 11.6 Å². The summed E-state index contributed by atoms with van der Waals surface area (Å²) in [5, 5.41) is 11.7. The average molecular weight is 345 g/mol. The molecule has 1 fully saturated rings. The smallest absolute Gasteiger partial charge is 0.311 e. The van der Waals surface area contributed by atoms with Gasteiger partial charge in [-0.05, 0) is 75.3 Å². The van der Waals surface area contributed by atoms with Crippen LogP contribution in [0.1, 0.15) is 51.0 Å². The summed E-state index contributed by atoms with van der Waals surface area (Å²) < 4.78 is 18.7. The average Bonchev–Trinajstić information content (AvgIpc) is 2.61. The molecule has 0 spiro atoms. The first kappa shape index (κ1) is 17.8. The van der Waals surface area contributed by atoms with Crippen LogP contribution in [0.2, 0.25) is 0 Å². The van der Waals surface area contributed by atoms with Crippen molar-refractivity contribution in [3.8, 4) is 0 Å². The van der Waals surface area contributed by atoms with Gasteiger partial charge in [0.05, 0.1) is 23.6 Å². The van der Waals surface area contributed by atoms with E-state index in [1.807, 2.05) is 6.07 Å². The van der Waals surface area contributed by atoms with Crippen LogP contribution >= 0.6 is 0 Å². The first-order chi connectivity index (χ1) is 11.9. The lowest BCUT2D eigenvalue weighted by molar-refractivity contribution is -0.159. The number of aliphatic hydroxyl groups is 1. The molecule has 0 aliphatic heterocycles. The maximum absolute atomic E-state index is 13.7. The third-order valence-electron chi connectivity index (χ3n) is 5.47. The van der Waals surface area contributed by atoms with E-state index in [1.165, 1.54) is 12.1 Å². The molecule has 1 unspecified atom stereocenters. The largest absolute Gasteiger partial charge is 0.466 e. The Morgan fingerprint density at radius 1 is 1.40 bits per heavy atom. The first-order valence-electron chi connectivity index (χ1n) is 8.88. The third kappa shape index (κ3) is 3.52. The molecule has 1 aromatic carbocycles. The van der Waals surface area contributed by atoms with Gasteiger partial charge in [0.2, 0.25) is 0 Å². The molecule has 1 atom stereocenters. The Labute approximate surface area is 147 Å². The van der Waals surface area contributed by atoms with Crippen LogP contribution in [0, 0.1) is 11.7 Å². The van der Waals surface area contributed by atoms with Crippen LogP contribution in [-0.4, -0.2) is 28.3 Å². The zero-order valence-electron chi connectivity index (χ0n) is 14.7. The minimum Gasteiger partial charge on any atom is -0.466 e. The van der Waals surface area contributed by atoms with E-state index in [1.54, 1.807) is 26.1 Å². The summed E-state index contributed by atoms with van der Waals surface area (Å²) in [6.07, 6.45) is 4.29. The van der Waals surface area contributed by atoms with Crippen molar-refractivity contribution < 1.29 is 19.0 Å². The highest BCUT2D eigenvalue weighted by Crippen LogP contribution is 2.43. The van der Waals surface area contributed by atoms with Crippen molar-refractivity contribution in [2.75, 3.05) is 6.61 Å². The molecule has 2 aromatic rings. The molecule has 0 bridgehead atoms. The van der Waals surface area contributed by atoms with Crippen LogP contribution in [0.3, 0.4) is 0 Å². The summed E-state index contributed by atoms with van der Waals surface area (Å²) in [5.74, 6) is -0.938. The van der Waals surface area contributed by atoms with Crippen LogP contribution in [0.15, 0.2) is 30.5 Å². The van der Waals surface area contributed by atoms with E-state index >= 15 is 0 Å². The Bertz CT molecular complexity index is 769. The minimum absolute atomic E-state index is 0.224. The molecule has 134 valence electrons. The van der Waals surface area contributed by atoms with Gasteiger partial charge >= 0.3 is 5.97 Å². The molecule has 1 heterocycles. The Kier molecular flexibility index (Phi) is 5.04. The molecule has 0 saturated heterocycles. The number of ether oxygens (including phenoxy) is 1. The molecule has 1 aliphatic carbocycles. The Hall–Kier alpha value is -2.01. The molecule has 4 nitrogen and oxygen atoms in total. The molecule has 0 radical (unpaired) electrons. The van der Waals surface area contributed by atoms with Gasteiger partial charge < -0.3 is 9.84 Å². The summed E-state index contributed by atoms with van der Waals surface area (Å²) in [5.41, 5.74) is 0.812. The van der Waals surface area contributed by atoms with Gasteiger partial charge in [-0.2, -0.15) is 0 Å². The van der Waals surface area contributed by atoms with E-state index in [0.29, 0.717) is 19.4 Å². The maximum atomic E-state index is 13.7.